The summed E-state index contributed by atoms with van der Waals surface area (Å²) in [6, 6.07) is 7.77. The Balaban J connectivity index is 0.000000199. The van der Waals surface area contributed by atoms with E-state index in [9.17, 15) is 30.3 Å². The van der Waals surface area contributed by atoms with Crippen LogP contribution in [0.5, 0.6) is 0 Å². The van der Waals surface area contributed by atoms with E-state index >= 15 is 0 Å². The number of benzene rings is 1. The number of aliphatic hydroxyl groups excluding tert-OH is 3. The minimum absolute atomic E-state index is 0.0150. The summed E-state index contributed by atoms with van der Waals surface area (Å²) in [5.74, 6) is 3.83. The number of aliphatic hydroxyl groups is 5. The van der Waals surface area contributed by atoms with Crippen molar-refractivity contribution in [3.05, 3.63) is 154 Å². The Morgan fingerprint density at radius 2 is 0.961 bits per heavy atom. The summed E-state index contributed by atoms with van der Waals surface area (Å²) in [6.45, 7) is 52.0. The van der Waals surface area contributed by atoms with Crippen LogP contribution in [0.25, 0.3) is 11.0 Å². The van der Waals surface area contributed by atoms with Crippen LogP contribution in [0.4, 0.5) is 0 Å². The minimum Gasteiger partial charge on any atom is -0.392 e. The predicted octanol–water partition coefficient (Wildman–Crippen LogP) is 22.0. The van der Waals surface area contributed by atoms with Crippen molar-refractivity contribution < 1.29 is 72.9 Å². The monoisotopic (exact) mass is 1880 g/mol. The first-order chi connectivity index (χ1) is 60.1. The van der Waals surface area contributed by atoms with Gasteiger partial charge >= 0.3 is 5.69 Å². The number of allylic oxidation sites excluding steroid dienone is 17. The SMILES string of the molecule is C=C/C=C\CCC1OC2CCC3(C)OC4C(O)CC5(C)OC(CC/C=C(C)/C(C)=C/CO)C(C)CC5CC4CC3OC2CCC1(C)O.C=C/C=C\CCC1OC2CCC3(C)OC4C(O)CC5(C)OC(CC/C=C(C)/C(C)=C/Cn6c(=O)[nH]c7ccccc76)C(C)CC5OC4CC3OC2CCC1(C)O.CC(=C\CI)/C(C)=C/CCC1OC(C)(C(C)C)C(C(C)C)CC1C. The first-order valence-corrected chi connectivity index (χ1v) is 51.0. The maximum atomic E-state index is 12.5. The van der Waals surface area contributed by atoms with Crippen molar-refractivity contribution in [3.8, 4) is 0 Å². The van der Waals surface area contributed by atoms with Gasteiger partial charge < -0.3 is 77.9 Å². The second-order valence-electron chi connectivity index (χ2n) is 43.0. The van der Waals surface area contributed by atoms with Gasteiger partial charge in [0.15, 0.2) is 0 Å². The molecule has 714 valence electrons. The molecule has 0 amide bonds. The quantitative estimate of drug-likeness (QED) is 0.0292. The van der Waals surface area contributed by atoms with Crippen molar-refractivity contribution in [3.63, 3.8) is 0 Å². The Morgan fingerprint density at radius 1 is 0.512 bits per heavy atom. The van der Waals surface area contributed by atoms with Crippen molar-refractivity contribution in [1.29, 1.82) is 0 Å². The fraction of sp³-hybridized carbons (Fsp3) is 0.750. The van der Waals surface area contributed by atoms with Gasteiger partial charge in [0.05, 0.1) is 155 Å². The van der Waals surface area contributed by atoms with Crippen molar-refractivity contribution in [2.24, 2.45) is 47.3 Å². The number of aromatic nitrogens is 2. The summed E-state index contributed by atoms with van der Waals surface area (Å²) in [5, 5.41) is 55.7. The highest BCUT2D eigenvalue weighted by molar-refractivity contribution is 14.1. The largest absolute Gasteiger partial charge is 0.392 e. The molecule has 11 fully saturated rings. The highest BCUT2D eigenvalue weighted by atomic mass is 127. The van der Waals surface area contributed by atoms with E-state index in [4.69, 9.17) is 47.4 Å². The highest BCUT2D eigenvalue weighted by Gasteiger charge is 2.61. The van der Waals surface area contributed by atoms with E-state index in [1.165, 1.54) is 28.7 Å². The number of fused-ring (bicyclic) bond motifs is 9. The van der Waals surface area contributed by atoms with Crippen LogP contribution in [0.1, 0.15) is 305 Å². The number of halogens is 1. The van der Waals surface area contributed by atoms with Gasteiger partial charge in [0.2, 0.25) is 0 Å². The topological polar surface area (TPSA) is 231 Å². The van der Waals surface area contributed by atoms with Gasteiger partial charge in [-0.05, 0) is 297 Å². The third-order valence-electron chi connectivity index (χ3n) is 32.8. The Labute approximate surface area is 778 Å². The number of nitrogens with zero attached hydrogens (tertiary/aromatic N) is 1. The number of ether oxygens (including phenoxy) is 10. The van der Waals surface area contributed by atoms with Gasteiger partial charge in [0.1, 0.15) is 6.10 Å². The van der Waals surface area contributed by atoms with Crippen LogP contribution in [0.3, 0.4) is 0 Å². The van der Waals surface area contributed by atoms with E-state index in [2.05, 4.69) is 201 Å². The van der Waals surface area contributed by atoms with Gasteiger partial charge in [-0.15, -0.1) is 0 Å². The molecule has 30 unspecified atom stereocenters. The fourth-order valence-electron chi connectivity index (χ4n) is 23.5. The molecule has 2 aromatic rings. The number of rotatable bonds is 26. The molecule has 0 radical (unpaired) electrons. The Kier molecular flexibility index (Phi) is 36.8. The fourth-order valence-corrected chi connectivity index (χ4v) is 24.2. The van der Waals surface area contributed by atoms with Crippen molar-refractivity contribution in [1.82, 2.24) is 9.55 Å². The van der Waals surface area contributed by atoms with E-state index < -0.39 is 51.9 Å². The van der Waals surface area contributed by atoms with Crippen LogP contribution in [-0.4, -0.2) is 189 Å². The molecule has 0 bridgehead atoms. The maximum absolute atomic E-state index is 12.5. The molecule has 127 heavy (non-hydrogen) atoms. The lowest BCUT2D eigenvalue weighted by Crippen LogP contribution is -2.59. The summed E-state index contributed by atoms with van der Waals surface area (Å²) < 4.78 is 71.8. The maximum Gasteiger partial charge on any atom is 0.326 e. The lowest BCUT2D eigenvalue weighted by molar-refractivity contribution is -0.273. The van der Waals surface area contributed by atoms with E-state index in [0.717, 1.165) is 149 Å². The van der Waals surface area contributed by atoms with Crippen LogP contribution in [0.15, 0.2) is 149 Å². The molecule has 10 saturated heterocycles. The van der Waals surface area contributed by atoms with Crippen LogP contribution in [0, 0.1) is 47.3 Å². The second-order valence-corrected chi connectivity index (χ2v) is 43.9. The number of imidazole rings is 1. The molecule has 1 aromatic heterocycles. The Hall–Kier alpha value is -3.98. The molecule has 0 spiro atoms. The number of alkyl halides is 1. The van der Waals surface area contributed by atoms with Crippen LogP contribution in [-0.2, 0) is 53.9 Å². The standard InChI is InChI=1S/C46H66N2O8.C40H64O7.C22H39IO/c1-8-9-10-11-19-39-44(5,51)23-20-36-37(52-39)21-24-45(6)41(53-36)27-38-42(56-45)34(49)28-46(7)40(54-38)26-31(4)35(55-46)18-14-15-29(2)30(3)22-25-48-33-17-13-12-16-32(33)47-43(48)50;1-8-9-10-11-15-35-38(5,43)19-16-33-34(44-35)17-20-39(6)36(45-33)24-29-23-30-22-28(4)32(14-12-13-26(2)27(3)18-21-41)46-40(30,7)25-31(42)37(29)47-39;1-15(2)20-14-19(7)21(24-22(20,8)16(3)4)11-9-10-17(5)18(6)12-13-23/h8-10,12-13,15-17,22,31,34-42,49,51H,1,11,14,18-21,23-28H2,2-7H3,(H,47,50);8-10,13,18,28-37,41-43H,1,11-12,14-17,19-25H2,2-7H3;10,12,15-16,19-21H,9,11,13-14H2,1-8H3/b10-9-,29-15+,30-22+;10-9-,26-13+,27-18+;17-10+,18-12+. The lowest BCUT2D eigenvalue weighted by atomic mass is 9.67. The van der Waals surface area contributed by atoms with E-state index in [0.29, 0.717) is 86.7 Å². The van der Waals surface area contributed by atoms with Gasteiger partial charge in [-0.3, -0.25) is 4.57 Å². The summed E-state index contributed by atoms with van der Waals surface area (Å²) in [4.78, 5) is 15.5. The van der Waals surface area contributed by atoms with Crippen LogP contribution >= 0.6 is 22.6 Å². The number of H-pyrrole nitrogens is 1. The first-order valence-electron chi connectivity index (χ1n) is 49.5. The molecule has 30 atom stereocenters. The summed E-state index contributed by atoms with van der Waals surface area (Å²) in [5.41, 5.74) is 5.19. The van der Waals surface area contributed by atoms with Crippen molar-refractivity contribution >= 4 is 33.6 Å². The number of aromatic amines is 1. The molecular formula is C108H169IN2O16. The molecular weight excluding hydrogens is 1710 g/mol. The zero-order valence-corrected chi connectivity index (χ0v) is 83.8. The number of hydrogen-bond acceptors (Lipinski definition) is 16. The molecule has 11 heterocycles. The molecule has 11 aliphatic rings. The Morgan fingerprint density at radius 3 is 1.50 bits per heavy atom. The smallest absolute Gasteiger partial charge is 0.326 e. The molecule has 6 N–H and O–H groups in total. The van der Waals surface area contributed by atoms with Crippen molar-refractivity contribution in [2.75, 3.05) is 11.0 Å². The number of para-hydroxylation sites is 2. The lowest BCUT2D eigenvalue weighted by Gasteiger charge is -2.52. The summed E-state index contributed by atoms with van der Waals surface area (Å²) in [6.07, 6.45) is 43.1. The van der Waals surface area contributed by atoms with E-state index in [1.54, 1.807) is 16.7 Å². The van der Waals surface area contributed by atoms with Gasteiger partial charge in [-0.2, -0.15) is 0 Å². The van der Waals surface area contributed by atoms with E-state index in [1.807, 2.05) is 63.3 Å². The molecule has 1 aromatic carbocycles. The summed E-state index contributed by atoms with van der Waals surface area (Å²) in [7, 11) is 0. The van der Waals surface area contributed by atoms with Gasteiger partial charge in [-0.25, -0.2) is 4.79 Å². The average molecular weight is 1880 g/mol. The Bertz CT molecular complexity index is 4220. The van der Waals surface area contributed by atoms with Crippen LogP contribution < -0.4 is 5.69 Å². The van der Waals surface area contributed by atoms with Crippen LogP contribution in [0.2, 0.25) is 0 Å². The third-order valence-corrected chi connectivity index (χ3v) is 33.2. The van der Waals surface area contributed by atoms with Gasteiger partial charge in [0.25, 0.3) is 0 Å². The molecule has 10 aliphatic heterocycles. The van der Waals surface area contributed by atoms with Gasteiger partial charge in [0, 0.05) is 30.2 Å². The van der Waals surface area contributed by atoms with Crippen molar-refractivity contribution in [2.45, 2.75) is 455 Å². The number of nitrogens with one attached hydrogen (secondary N) is 1. The molecule has 18 nitrogen and oxygen atoms in total. The second kappa shape index (κ2) is 45.1. The molecule has 13 rings (SSSR count). The number of hydrogen-bond donors (Lipinski definition) is 6. The average Bonchev–Trinajstić information content (AvgIpc) is 1.58. The normalized spacial score (nSPS) is 41.3. The molecule has 19 heteroatoms. The zero-order chi connectivity index (χ0) is 92.3. The predicted molar refractivity (Wildman–Crippen MR) is 520 cm³/mol. The highest BCUT2D eigenvalue weighted by Crippen LogP contribution is 2.55. The third kappa shape index (κ3) is 25.4. The zero-order valence-electron chi connectivity index (χ0n) is 81.6. The first kappa shape index (κ1) is 104. The molecule has 1 aliphatic carbocycles. The van der Waals surface area contributed by atoms with Gasteiger partial charge in [-0.1, -0.05) is 203 Å². The summed E-state index contributed by atoms with van der Waals surface area (Å²) >= 11 is 2.40. The molecule has 1 saturated carbocycles. The van der Waals surface area contributed by atoms with E-state index in [-0.39, 0.29) is 109 Å². The minimum atomic E-state index is -0.934.